The Morgan fingerprint density at radius 1 is 1.27 bits per heavy atom. The van der Waals surface area contributed by atoms with Crippen molar-refractivity contribution in [2.24, 2.45) is 11.7 Å². The van der Waals surface area contributed by atoms with Crippen LogP contribution in [0.5, 0.6) is 0 Å². The van der Waals surface area contributed by atoms with Gasteiger partial charge >= 0.3 is 0 Å². The van der Waals surface area contributed by atoms with Crippen LogP contribution in [0, 0.1) is 5.92 Å². The Hall–Kier alpha value is -1.14. The molecule has 22 heavy (non-hydrogen) atoms. The first-order valence-corrected chi connectivity index (χ1v) is 8.48. The quantitative estimate of drug-likeness (QED) is 0.578. The van der Waals surface area contributed by atoms with Crippen molar-refractivity contribution in [3.05, 3.63) is 0 Å². The molecule has 0 bridgehead atoms. The molecule has 1 fully saturated rings. The van der Waals surface area contributed by atoms with Crippen molar-refractivity contribution in [3.8, 4) is 0 Å². The molecule has 1 atom stereocenters. The zero-order valence-electron chi connectivity index (χ0n) is 13.8. The third-order valence-corrected chi connectivity index (χ3v) is 4.16. The molecule has 6 nitrogen and oxygen atoms in total. The van der Waals surface area contributed by atoms with Gasteiger partial charge in [0.15, 0.2) is 0 Å². The molecule has 1 heterocycles. The lowest BCUT2D eigenvalue weighted by molar-refractivity contribution is -0.138. The SMILES string of the molecule is CCCCN(CCCCO)C(=O)[C@H]1CCCN(CC(N)=O)C1. The molecule has 6 heteroatoms. The van der Waals surface area contributed by atoms with E-state index in [2.05, 4.69) is 6.92 Å². The highest BCUT2D eigenvalue weighted by Gasteiger charge is 2.29. The Morgan fingerprint density at radius 3 is 2.64 bits per heavy atom. The average Bonchev–Trinajstić information content (AvgIpc) is 2.49. The molecule has 0 saturated carbocycles. The number of aliphatic hydroxyl groups excluding tert-OH is 1. The number of piperidine rings is 1. The number of nitrogens with zero attached hydrogens (tertiary/aromatic N) is 2. The molecule has 1 aliphatic heterocycles. The summed E-state index contributed by atoms with van der Waals surface area (Å²) in [6.45, 7) is 5.50. The second kappa shape index (κ2) is 10.6. The van der Waals surface area contributed by atoms with Crippen molar-refractivity contribution in [2.75, 3.05) is 39.3 Å². The van der Waals surface area contributed by atoms with E-state index in [1.807, 2.05) is 9.80 Å². The number of likely N-dealkylation sites (tertiary alicyclic amines) is 1. The number of hydrogen-bond acceptors (Lipinski definition) is 4. The third-order valence-electron chi connectivity index (χ3n) is 4.16. The van der Waals surface area contributed by atoms with Gasteiger partial charge in [-0.25, -0.2) is 0 Å². The minimum absolute atomic E-state index is 0.0286. The molecule has 0 unspecified atom stereocenters. The zero-order valence-corrected chi connectivity index (χ0v) is 13.8. The summed E-state index contributed by atoms with van der Waals surface area (Å²) in [5.41, 5.74) is 5.25. The largest absolute Gasteiger partial charge is 0.396 e. The van der Waals surface area contributed by atoms with Crippen molar-refractivity contribution in [1.82, 2.24) is 9.80 Å². The molecule has 128 valence electrons. The van der Waals surface area contributed by atoms with Crippen molar-refractivity contribution >= 4 is 11.8 Å². The number of carbonyl (C=O) groups excluding carboxylic acids is 2. The number of aliphatic hydroxyl groups is 1. The monoisotopic (exact) mass is 313 g/mol. The number of hydrogen-bond donors (Lipinski definition) is 2. The fourth-order valence-electron chi connectivity index (χ4n) is 2.97. The van der Waals surface area contributed by atoms with E-state index in [1.54, 1.807) is 0 Å². The topological polar surface area (TPSA) is 86.9 Å². The summed E-state index contributed by atoms with van der Waals surface area (Å²) < 4.78 is 0. The highest BCUT2D eigenvalue weighted by atomic mass is 16.3. The zero-order chi connectivity index (χ0) is 16.4. The van der Waals surface area contributed by atoms with Crippen LogP contribution in [0.25, 0.3) is 0 Å². The molecule has 0 aromatic carbocycles. The van der Waals surface area contributed by atoms with Crippen molar-refractivity contribution < 1.29 is 14.7 Å². The lowest BCUT2D eigenvalue weighted by Gasteiger charge is -2.34. The number of carbonyl (C=O) groups is 2. The van der Waals surface area contributed by atoms with Gasteiger partial charge in [0.25, 0.3) is 0 Å². The van der Waals surface area contributed by atoms with Gasteiger partial charge in [0.2, 0.25) is 11.8 Å². The van der Waals surface area contributed by atoms with E-state index < -0.39 is 0 Å². The van der Waals surface area contributed by atoms with Gasteiger partial charge in [-0.2, -0.15) is 0 Å². The van der Waals surface area contributed by atoms with Crippen LogP contribution in [0.1, 0.15) is 45.4 Å². The number of rotatable bonds is 10. The molecule has 2 amide bonds. The fourth-order valence-corrected chi connectivity index (χ4v) is 2.97. The second-order valence-corrected chi connectivity index (χ2v) is 6.15. The maximum absolute atomic E-state index is 12.8. The van der Waals surface area contributed by atoms with Gasteiger partial charge in [-0.15, -0.1) is 0 Å². The van der Waals surface area contributed by atoms with Crippen molar-refractivity contribution in [1.29, 1.82) is 0 Å². The Kier molecular flexibility index (Phi) is 9.08. The van der Waals surface area contributed by atoms with E-state index in [1.165, 1.54) is 0 Å². The van der Waals surface area contributed by atoms with Crippen LogP contribution in [0.2, 0.25) is 0 Å². The Morgan fingerprint density at radius 2 is 2.00 bits per heavy atom. The lowest BCUT2D eigenvalue weighted by Crippen LogP contribution is -2.47. The van der Waals surface area contributed by atoms with E-state index in [0.29, 0.717) is 13.1 Å². The van der Waals surface area contributed by atoms with E-state index in [0.717, 1.165) is 51.6 Å². The van der Waals surface area contributed by atoms with Gasteiger partial charge in [0.05, 0.1) is 12.5 Å². The molecule has 0 radical (unpaired) electrons. The van der Waals surface area contributed by atoms with Gasteiger partial charge < -0.3 is 15.7 Å². The molecule has 0 aromatic rings. The summed E-state index contributed by atoms with van der Waals surface area (Å²) in [5.74, 6) is -0.168. The van der Waals surface area contributed by atoms with Crippen LogP contribution in [0.3, 0.4) is 0 Å². The standard InChI is InChI=1S/C16H31N3O3/c1-2-3-9-19(10-4-5-11-20)16(22)14-7-6-8-18(12-14)13-15(17)21/h14,20H,2-13H2,1H3,(H2,17,21)/t14-/m0/s1. The van der Waals surface area contributed by atoms with Crippen LogP contribution in [-0.4, -0.2) is 66.1 Å². The van der Waals surface area contributed by atoms with Crippen LogP contribution in [0.15, 0.2) is 0 Å². The van der Waals surface area contributed by atoms with Gasteiger partial charge in [-0.3, -0.25) is 14.5 Å². The molecule has 0 aliphatic carbocycles. The van der Waals surface area contributed by atoms with E-state index in [4.69, 9.17) is 10.8 Å². The van der Waals surface area contributed by atoms with Crippen LogP contribution >= 0.6 is 0 Å². The maximum Gasteiger partial charge on any atom is 0.231 e. The van der Waals surface area contributed by atoms with Crippen LogP contribution in [0.4, 0.5) is 0 Å². The molecule has 0 aromatic heterocycles. The van der Waals surface area contributed by atoms with E-state index in [-0.39, 0.29) is 30.9 Å². The maximum atomic E-state index is 12.8. The summed E-state index contributed by atoms with van der Waals surface area (Å²) >= 11 is 0. The highest BCUT2D eigenvalue weighted by Crippen LogP contribution is 2.19. The summed E-state index contributed by atoms with van der Waals surface area (Å²) in [6, 6.07) is 0. The molecule has 0 spiro atoms. The number of amides is 2. The average molecular weight is 313 g/mol. The summed E-state index contributed by atoms with van der Waals surface area (Å²) in [7, 11) is 0. The molecule has 3 N–H and O–H groups in total. The molecular formula is C16H31N3O3. The van der Waals surface area contributed by atoms with Gasteiger partial charge in [0.1, 0.15) is 0 Å². The van der Waals surface area contributed by atoms with Crippen LogP contribution < -0.4 is 5.73 Å². The van der Waals surface area contributed by atoms with Gasteiger partial charge in [-0.05, 0) is 38.6 Å². The third kappa shape index (κ3) is 6.75. The molecular weight excluding hydrogens is 282 g/mol. The van der Waals surface area contributed by atoms with Gasteiger partial charge in [-0.1, -0.05) is 13.3 Å². The predicted molar refractivity (Wildman–Crippen MR) is 86.2 cm³/mol. The van der Waals surface area contributed by atoms with E-state index >= 15 is 0 Å². The predicted octanol–water partition coefficient (Wildman–Crippen LogP) is 0.585. The summed E-state index contributed by atoms with van der Waals surface area (Å²) in [4.78, 5) is 27.7. The van der Waals surface area contributed by atoms with Crippen molar-refractivity contribution in [2.45, 2.75) is 45.4 Å². The van der Waals surface area contributed by atoms with E-state index in [9.17, 15) is 9.59 Å². The number of nitrogens with two attached hydrogens (primary N) is 1. The van der Waals surface area contributed by atoms with Crippen molar-refractivity contribution in [3.63, 3.8) is 0 Å². The summed E-state index contributed by atoms with van der Waals surface area (Å²) in [6.07, 6.45) is 5.45. The first-order chi connectivity index (χ1) is 10.6. The first-order valence-electron chi connectivity index (χ1n) is 8.48. The molecule has 1 saturated heterocycles. The first kappa shape index (κ1) is 18.9. The second-order valence-electron chi connectivity index (χ2n) is 6.15. The molecule has 1 aliphatic rings. The Balaban J connectivity index is 2.56. The lowest BCUT2D eigenvalue weighted by atomic mass is 9.96. The normalized spacial score (nSPS) is 19.1. The minimum atomic E-state index is -0.334. The highest BCUT2D eigenvalue weighted by molar-refractivity contribution is 5.79. The Bertz CT molecular complexity index is 350. The summed E-state index contributed by atoms with van der Waals surface area (Å²) in [5, 5.41) is 8.91. The number of primary amides is 1. The number of unbranched alkanes of at least 4 members (excludes halogenated alkanes) is 2. The fraction of sp³-hybridized carbons (Fsp3) is 0.875. The Labute approximate surface area is 133 Å². The van der Waals surface area contributed by atoms with Crippen LogP contribution in [-0.2, 0) is 9.59 Å². The van der Waals surface area contributed by atoms with Gasteiger partial charge in [0, 0.05) is 26.2 Å². The smallest absolute Gasteiger partial charge is 0.231 e. The molecule has 1 rings (SSSR count). The minimum Gasteiger partial charge on any atom is -0.396 e.